The molecule has 2 N–H and O–H groups in total. The highest BCUT2D eigenvalue weighted by atomic mass is 32.2. The topological polar surface area (TPSA) is 75.6 Å². The summed E-state index contributed by atoms with van der Waals surface area (Å²) in [5.41, 5.74) is 5.57. The minimum Gasteiger partial charge on any atom is -0.489 e. The van der Waals surface area contributed by atoms with E-state index in [1.807, 2.05) is 18.4 Å². The number of carbonyl (C=O) groups excluding carboxylic acids is 1. The van der Waals surface area contributed by atoms with E-state index in [0.717, 1.165) is 28.7 Å². The van der Waals surface area contributed by atoms with Gasteiger partial charge in [-0.3, -0.25) is 9.59 Å². The molecule has 3 aromatic rings. The van der Waals surface area contributed by atoms with Crippen LogP contribution in [0.1, 0.15) is 70.9 Å². The van der Waals surface area contributed by atoms with E-state index >= 15 is 0 Å². The lowest BCUT2D eigenvalue weighted by molar-refractivity contribution is -0.136. The van der Waals surface area contributed by atoms with Gasteiger partial charge in [0.1, 0.15) is 12.4 Å². The number of aryl methyl sites for hydroxylation is 3. The fraction of sp³-hybridized carbons (Fsp3) is 0.355. The maximum Gasteiger partial charge on any atom is 0.303 e. The highest BCUT2D eigenvalue weighted by molar-refractivity contribution is 7.98. The minimum absolute atomic E-state index is 0.0469. The number of nitrogens with one attached hydrogen (secondary N) is 1. The molecule has 37 heavy (non-hydrogen) atoms. The molecule has 1 amide bonds. The van der Waals surface area contributed by atoms with E-state index in [4.69, 9.17) is 4.74 Å². The number of benzene rings is 3. The molecule has 6 heteroatoms. The average molecular weight is 520 g/mol. The Morgan fingerprint density at radius 2 is 1.65 bits per heavy atom. The highest BCUT2D eigenvalue weighted by Crippen LogP contribution is 2.26. The van der Waals surface area contributed by atoms with Gasteiger partial charge in [-0.2, -0.15) is 0 Å². The predicted octanol–water partition coefficient (Wildman–Crippen LogP) is 7.14. The summed E-state index contributed by atoms with van der Waals surface area (Å²) in [5.74, 6) is -0.164. The number of ether oxygens (including phenoxy) is 1. The Bertz CT molecular complexity index is 1200. The molecule has 196 valence electrons. The smallest absolute Gasteiger partial charge is 0.303 e. The lowest BCUT2D eigenvalue weighted by Crippen LogP contribution is -2.30. The van der Waals surface area contributed by atoms with Crippen molar-refractivity contribution < 1.29 is 19.4 Å². The maximum atomic E-state index is 13.6. The highest BCUT2D eigenvalue weighted by Gasteiger charge is 2.21. The number of aliphatic carboxylic acids is 1. The van der Waals surface area contributed by atoms with Crippen molar-refractivity contribution in [2.45, 2.75) is 64.5 Å². The van der Waals surface area contributed by atoms with Crippen LogP contribution in [0.15, 0.2) is 65.6 Å². The Balaban J connectivity index is 1.86. The van der Waals surface area contributed by atoms with E-state index in [2.05, 4.69) is 63.3 Å². The normalized spacial score (nSPS) is 11.8. The van der Waals surface area contributed by atoms with Gasteiger partial charge in [0.05, 0.1) is 6.04 Å². The van der Waals surface area contributed by atoms with Crippen molar-refractivity contribution in [2.24, 2.45) is 5.92 Å². The van der Waals surface area contributed by atoms with Crippen molar-refractivity contribution >= 4 is 23.6 Å². The van der Waals surface area contributed by atoms with Crippen LogP contribution in [0.5, 0.6) is 5.75 Å². The summed E-state index contributed by atoms with van der Waals surface area (Å²) in [5, 5.41) is 12.5. The van der Waals surface area contributed by atoms with Crippen molar-refractivity contribution in [2.75, 3.05) is 6.26 Å². The molecule has 0 aromatic heterocycles. The lowest BCUT2D eigenvalue weighted by atomic mass is 9.93. The Hall–Kier alpha value is -3.25. The van der Waals surface area contributed by atoms with Crippen LogP contribution in [-0.2, 0) is 17.8 Å². The number of thioether (sulfide) groups is 1. The summed E-state index contributed by atoms with van der Waals surface area (Å²) < 4.78 is 6.02. The predicted molar refractivity (Wildman–Crippen MR) is 151 cm³/mol. The fourth-order valence-electron chi connectivity index (χ4n) is 4.40. The Morgan fingerprint density at radius 1 is 0.973 bits per heavy atom. The second-order valence-corrected chi connectivity index (χ2v) is 10.8. The third-order valence-electron chi connectivity index (χ3n) is 6.16. The van der Waals surface area contributed by atoms with Gasteiger partial charge in [0.2, 0.25) is 0 Å². The van der Waals surface area contributed by atoms with E-state index in [1.54, 1.807) is 30.0 Å². The van der Waals surface area contributed by atoms with Gasteiger partial charge in [0.15, 0.2) is 0 Å². The van der Waals surface area contributed by atoms with Gasteiger partial charge < -0.3 is 15.2 Å². The van der Waals surface area contributed by atoms with E-state index < -0.39 is 5.97 Å². The van der Waals surface area contributed by atoms with E-state index in [0.29, 0.717) is 29.4 Å². The monoisotopic (exact) mass is 519 g/mol. The number of hydrogen-bond donors (Lipinski definition) is 2. The van der Waals surface area contributed by atoms with Crippen LogP contribution in [-0.4, -0.2) is 23.2 Å². The molecule has 0 heterocycles. The van der Waals surface area contributed by atoms with Crippen LogP contribution >= 0.6 is 11.8 Å². The van der Waals surface area contributed by atoms with E-state index in [9.17, 15) is 14.7 Å². The van der Waals surface area contributed by atoms with E-state index in [1.165, 1.54) is 4.90 Å². The zero-order valence-electron chi connectivity index (χ0n) is 22.3. The lowest BCUT2D eigenvalue weighted by Gasteiger charge is -2.23. The Kier molecular flexibility index (Phi) is 10.2. The molecule has 1 atom stereocenters. The molecule has 3 rings (SSSR count). The van der Waals surface area contributed by atoms with Gasteiger partial charge in [0.25, 0.3) is 5.91 Å². The van der Waals surface area contributed by atoms with Gasteiger partial charge in [-0.05, 0) is 79.8 Å². The summed E-state index contributed by atoms with van der Waals surface area (Å²) in [6, 6.07) is 19.7. The van der Waals surface area contributed by atoms with Crippen molar-refractivity contribution in [1.29, 1.82) is 0 Å². The Labute approximate surface area is 224 Å². The van der Waals surface area contributed by atoms with Crippen molar-refractivity contribution in [1.82, 2.24) is 5.32 Å². The second kappa shape index (κ2) is 13.3. The Morgan fingerprint density at radius 3 is 2.24 bits per heavy atom. The minimum atomic E-state index is -0.895. The molecule has 0 saturated carbocycles. The number of carboxylic acid groups (broad SMARTS) is 1. The molecule has 5 nitrogen and oxygen atoms in total. The number of carbonyl (C=O) groups is 2. The zero-order chi connectivity index (χ0) is 26.9. The molecule has 0 aliphatic rings. The SMILES string of the molecule is CSc1ccc(COc2ccc(CCC(=O)O)c(C(=O)NC(CC(C)C)c3cc(C)cc(C)c3)c2)cc1. The molecule has 0 aliphatic heterocycles. The molecule has 0 bridgehead atoms. The molecule has 0 radical (unpaired) electrons. The first kappa shape index (κ1) is 28.3. The first-order chi connectivity index (χ1) is 17.6. The van der Waals surface area contributed by atoms with Crippen LogP contribution in [0.2, 0.25) is 0 Å². The largest absolute Gasteiger partial charge is 0.489 e. The number of carboxylic acids is 1. The molecule has 3 aromatic carbocycles. The molecule has 0 fully saturated rings. The summed E-state index contributed by atoms with van der Waals surface area (Å²) in [4.78, 5) is 26.1. The number of amides is 1. The second-order valence-electron chi connectivity index (χ2n) is 9.93. The third-order valence-corrected chi connectivity index (χ3v) is 6.90. The third kappa shape index (κ3) is 8.67. The van der Waals surface area contributed by atoms with Gasteiger partial charge in [-0.25, -0.2) is 0 Å². The summed E-state index contributed by atoms with van der Waals surface area (Å²) in [6.07, 6.45) is 3.05. The fourth-order valence-corrected chi connectivity index (χ4v) is 4.81. The van der Waals surface area contributed by atoms with Gasteiger partial charge in [-0.15, -0.1) is 11.8 Å². The molecule has 0 saturated heterocycles. The van der Waals surface area contributed by atoms with Crippen LogP contribution in [0.4, 0.5) is 0 Å². The van der Waals surface area contributed by atoms with Crippen molar-refractivity contribution in [3.05, 3.63) is 94.0 Å². The van der Waals surface area contributed by atoms with Gasteiger partial charge in [0, 0.05) is 16.9 Å². The van der Waals surface area contributed by atoms with Gasteiger partial charge >= 0.3 is 5.97 Å². The van der Waals surface area contributed by atoms with Crippen LogP contribution in [0, 0.1) is 19.8 Å². The van der Waals surface area contributed by atoms with E-state index in [-0.39, 0.29) is 24.8 Å². The number of rotatable bonds is 12. The standard InChI is InChI=1S/C31H37NO4S/c1-20(2)14-29(25-16-21(3)15-22(4)17-25)32-31(35)28-18-26(10-8-24(28)9-13-30(33)34)36-19-23-6-11-27(37-5)12-7-23/h6-8,10-12,15-18,20,29H,9,13-14,19H2,1-5H3,(H,32,35)(H,33,34). The first-order valence-electron chi connectivity index (χ1n) is 12.6. The molecular weight excluding hydrogens is 482 g/mol. The summed E-state index contributed by atoms with van der Waals surface area (Å²) >= 11 is 1.69. The zero-order valence-corrected chi connectivity index (χ0v) is 23.2. The van der Waals surface area contributed by atoms with Gasteiger partial charge in [-0.1, -0.05) is 61.4 Å². The van der Waals surface area contributed by atoms with Crippen molar-refractivity contribution in [3.63, 3.8) is 0 Å². The van der Waals surface area contributed by atoms with Crippen molar-refractivity contribution in [3.8, 4) is 5.75 Å². The average Bonchev–Trinajstić information content (AvgIpc) is 2.85. The first-order valence-corrected chi connectivity index (χ1v) is 13.9. The molecule has 0 spiro atoms. The molecule has 0 aliphatic carbocycles. The number of hydrogen-bond acceptors (Lipinski definition) is 4. The molecule has 1 unspecified atom stereocenters. The summed E-state index contributed by atoms with van der Waals surface area (Å²) in [6.45, 7) is 8.78. The quantitative estimate of drug-likeness (QED) is 0.249. The summed E-state index contributed by atoms with van der Waals surface area (Å²) in [7, 11) is 0. The van der Waals surface area contributed by atoms with Crippen LogP contribution in [0.25, 0.3) is 0 Å². The van der Waals surface area contributed by atoms with Crippen LogP contribution in [0.3, 0.4) is 0 Å². The molecular formula is C31H37NO4S. The van der Waals surface area contributed by atoms with Crippen LogP contribution < -0.4 is 10.1 Å². The maximum absolute atomic E-state index is 13.6.